The number of amides is 1. The van der Waals surface area contributed by atoms with Crippen LogP contribution in [0.15, 0.2) is 42.6 Å². The molecule has 0 aliphatic rings. The number of carbonyl (C=O) groups is 1. The molecule has 92 valence electrons. The van der Waals surface area contributed by atoms with Crippen molar-refractivity contribution in [2.75, 3.05) is 12.4 Å². The number of aromatic nitrogens is 1. The summed E-state index contributed by atoms with van der Waals surface area (Å²) >= 11 is 5.72. The van der Waals surface area contributed by atoms with E-state index in [1.807, 2.05) is 0 Å². The third-order valence-corrected chi connectivity index (χ3v) is 2.54. The molecule has 1 amide bonds. The molecule has 1 aromatic heterocycles. The Bertz CT molecular complexity index is 555. The van der Waals surface area contributed by atoms with Crippen LogP contribution in [0.3, 0.4) is 0 Å². The Morgan fingerprint density at radius 3 is 2.72 bits per heavy atom. The standard InChI is InChI=1S/C13H11ClN2O2/c1-18-11-5-3-2-4-10(11)13(17)16-12-7-6-9(14)8-15-12/h2-8H,1H3,(H,15,16,17). The van der Waals surface area contributed by atoms with Crippen molar-refractivity contribution < 1.29 is 9.53 Å². The van der Waals surface area contributed by atoms with Crippen LogP contribution in [0.2, 0.25) is 5.02 Å². The van der Waals surface area contributed by atoms with Crippen molar-refractivity contribution >= 4 is 23.3 Å². The van der Waals surface area contributed by atoms with Crippen LogP contribution < -0.4 is 10.1 Å². The summed E-state index contributed by atoms with van der Waals surface area (Å²) in [5, 5.41) is 3.19. The second-order valence-electron chi connectivity index (χ2n) is 3.52. The number of carbonyl (C=O) groups excluding carboxylic acids is 1. The molecule has 2 aromatic rings. The Labute approximate surface area is 110 Å². The molecule has 0 saturated carbocycles. The van der Waals surface area contributed by atoms with Crippen molar-refractivity contribution in [2.24, 2.45) is 0 Å². The maximum atomic E-state index is 12.0. The summed E-state index contributed by atoms with van der Waals surface area (Å²) in [4.78, 5) is 16.0. The predicted octanol–water partition coefficient (Wildman–Crippen LogP) is 3.00. The third kappa shape index (κ3) is 2.78. The Kier molecular flexibility index (Phi) is 3.79. The van der Waals surface area contributed by atoms with Crippen LogP contribution in [0.25, 0.3) is 0 Å². The minimum absolute atomic E-state index is 0.276. The van der Waals surface area contributed by atoms with Gasteiger partial charge >= 0.3 is 0 Å². The minimum Gasteiger partial charge on any atom is -0.496 e. The first-order valence-corrected chi connectivity index (χ1v) is 5.64. The molecule has 0 unspecified atom stereocenters. The molecule has 0 aliphatic carbocycles. The molecule has 0 spiro atoms. The number of nitrogens with one attached hydrogen (secondary N) is 1. The first-order valence-electron chi connectivity index (χ1n) is 5.26. The molecule has 5 heteroatoms. The van der Waals surface area contributed by atoms with Gasteiger partial charge in [0.15, 0.2) is 0 Å². The summed E-state index contributed by atoms with van der Waals surface area (Å²) < 4.78 is 5.12. The highest BCUT2D eigenvalue weighted by atomic mass is 35.5. The summed E-state index contributed by atoms with van der Waals surface area (Å²) in [7, 11) is 1.52. The fourth-order valence-corrected chi connectivity index (χ4v) is 1.58. The lowest BCUT2D eigenvalue weighted by Gasteiger charge is -2.08. The monoisotopic (exact) mass is 262 g/mol. The van der Waals surface area contributed by atoms with Gasteiger partial charge in [0, 0.05) is 6.20 Å². The number of methoxy groups -OCH3 is 1. The predicted molar refractivity (Wildman–Crippen MR) is 70.2 cm³/mol. The summed E-state index contributed by atoms with van der Waals surface area (Å²) in [6.07, 6.45) is 1.47. The van der Waals surface area contributed by atoms with E-state index in [4.69, 9.17) is 16.3 Å². The Morgan fingerprint density at radius 1 is 1.28 bits per heavy atom. The van der Waals surface area contributed by atoms with Crippen LogP contribution >= 0.6 is 11.6 Å². The van der Waals surface area contributed by atoms with E-state index in [1.54, 1.807) is 36.4 Å². The van der Waals surface area contributed by atoms with Gasteiger partial charge in [-0.2, -0.15) is 0 Å². The summed E-state index contributed by atoms with van der Waals surface area (Å²) in [5.74, 6) is 0.682. The first-order chi connectivity index (χ1) is 8.70. The van der Waals surface area contributed by atoms with Crippen LogP contribution in [0.4, 0.5) is 5.82 Å². The van der Waals surface area contributed by atoms with Crippen molar-refractivity contribution in [2.45, 2.75) is 0 Å². The van der Waals surface area contributed by atoms with E-state index in [0.717, 1.165) is 0 Å². The number of hydrogen-bond donors (Lipinski definition) is 1. The van der Waals surface area contributed by atoms with E-state index in [-0.39, 0.29) is 5.91 Å². The van der Waals surface area contributed by atoms with Gasteiger partial charge in [-0.15, -0.1) is 0 Å². The highest BCUT2D eigenvalue weighted by Crippen LogP contribution is 2.18. The molecule has 1 heterocycles. The SMILES string of the molecule is COc1ccccc1C(=O)Nc1ccc(Cl)cn1. The van der Waals surface area contributed by atoms with E-state index >= 15 is 0 Å². The highest BCUT2D eigenvalue weighted by molar-refractivity contribution is 6.30. The van der Waals surface area contributed by atoms with Gasteiger partial charge in [0.25, 0.3) is 5.91 Å². The molecule has 1 N–H and O–H groups in total. The molecule has 0 radical (unpaired) electrons. The number of nitrogens with zero attached hydrogens (tertiary/aromatic N) is 1. The normalized spacial score (nSPS) is 9.89. The van der Waals surface area contributed by atoms with Gasteiger partial charge < -0.3 is 10.1 Å². The quantitative estimate of drug-likeness (QED) is 0.925. The number of rotatable bonds is 3. The van der Waals surface area contributed by atoms with Crippen molar-refractivity contribution in [3.63, 3.8) is 0 Å². The van der Waals surface area contributed by atoms with Gasteiger partial charge in [-0.1, -0.05) is 23.7 Å². The average Bonchev–Trinajstić information content (AvgIpc) is 2.41. The summed E-state index contributed by atoms with van der Waals surface area (Å²) in [5.41, 5.74) is 0.455. The van der Waals surface area contributed by atoms with Crippen molar-refractivity contribution in [1.29, 1.82) is 0 Å². The molecule has 4 nitrogen and oxygen atoms in total. The highest BCUT2D eigenvalue weighted by Gasteiger charge is 2.11. The Balaban J connectivity index is 2.19. The molecule has 18 heavy (non-hydrogen) atoms. The van der Waals surface area contributed by atoms with Gasteiger partial charge in [0.2, 0.25) is 0 Å². The number of pyridine rings is 1. The number of hydrogen-bond acceptors (Lipinski definition) is 3. The summed E-state index contributed by atoms with van der Waals surface area (Å²) in [6.45, 7) is 0. The number of ether oxygens (including phenoxy) is 1. The lowest BCUT2D eigenvalue weighted by Crippen LogP contribution is -2.13. The molecule has 0 saturated heterocycles. The smallest absolute Gasteiger partial charge is 0.260 e. The molecular weight excluding hydrogens is 252 g/mol. The molecule has 0 aliphatic heterocycles. The average molecular weight is 263 g/mol. The van der Waals surface area contributed by atoms with Crippen LogP contribution in [0.5, 0.6) is 5.75 Å². The van der Waals surface area contributed by atoms with Crippen LogP contribution in [0.1, 0.15) is 10.4 Å². The van der Waals surface area contributed by atoms with Gasteiger partial charge in [-0.05, 0) is 24.3 Å². The van der Waals surface area contributed by atoms with E-state index in [0.29, 0.717) is 22.2 Å². The fourth-order valence-electron chi connectivity index (χ4n) is 1.47. The molecular formula is C13H11ClN2O2. The van der Waals surface area contributed by atoms with Crippen molar-refractivity contribution in [1.82, 2.24) is 4.98 Å². The maximum Gasteiger partial charge on any atom is 0.260 e. The Hall–Kier alpha value is -2.07. The fraction of sp³-hybridized carbons (Fsp3) is 0.0769. The van der Waals surface area contributed by atoms with Crippen molar-refractivity contribution in [3.8, 4) is 5.75 Å². The molecule has 0 fully saturated rings. The van der Waals surface area contributed by atoms with Crippen LogP contribution in [0, 0.1) is 0 Å². The molecule has 0 atom stereocenters. The van der Waals surface area contributed by atoms with Gasteiger partial charge in [-0.25, -0.2) is 4.98 Å². The van der Waals surface area contributed by atoms with Crippen LogP contribution in [-0.2, 0) is 0 Å². The van der Waals surface area contributed by atoms with Gasteiger partial charge in [0.1, 0.15) is 11.6 Å². The zero-order chi connectivity index (χ0) is 13.0. The molecule has 1 aromatic carbocycles. The van der Waals surface area contributed by atoms with Gasteiger partial charge in [-0.3, -0.25) is 4.79 Å². The second kappa shape index (κ2) is 5.51. The van der Waals surface area contributed by atoms with E-state index < -0.39 is 0 Å². The Morgan fingerprint density at radius 2 is 2.06 bits per heavy atom. The largest absolute Gasteiger partial charge is 0.496 e. The van der Waals surface area contributed by atoms with Crippen molar-refractivity contribution in [3.05, 3.63) is 53.2 Å². The lowest BCUT2D eigenvalue weighted by atomic mass is 10.2. The summed E-state index contributed by atoms with van der Waals surface area (Å²) in [6, 6.07) is 10.3. The number of para-hydroxylation sites is 1. The number of benzene rings is 1. The number of anilines is 1. The van der Waals surface area contributed by atoms with Crippen LogP contribution in [-0.4, -0.2) is 18.0 Å². The van der Waals surface area contributed by atoms with E-state index in [1.165, 1.54) is 13.3 Å². The zero-order valence-corrected chi connectivity index (χ0v) is 10.4. The topological polar surface area (TPSA) is 51.2 Å². The second-order valence-corrected chi connectivity index (χ2v) is 3.95. The van der Waals surface area contributed by atoms with E-state index in [9.17, 15) is 4.79 Å². The molecule has 2 rings (SSSR count). The third-order valence-electron chi connectivity index (χ3n) is 2.32. The minimum atomic E-state index is -0.276. The lowest BCUT2D eigenvalue weighted by molar-refractivity contribution is 0.102. The van der Waals surface area contributed by atoms with E-state index in [2.05, 4.69) is 10.3 Å². The zero-order valence-electron chi connectivity index (χ0n) is 9.68. The first kappa shape index (κ1) is 12.4. The number of halogens is 1. The molecule has 0 bridgehead atoms. The maximum absolute atomic E-state index is 12.0. The van der Waals surface area contributed by atoms with Gasteiger partial charge in [0.05, 0.1) is 17.7 Å².